The van der Waals surface area contributed by atoms with Gasteiger partial charge in [-0.15, -0.1) is 0 Å². The molecule has 1 atom stereocenters. The van der Waals surface area contributed by atoms with Gasteiger partial charge in [-0.05, 0) is 30.9 Å². The second kappa shape index (κ2) is 11.9. The van der Waals surface area contributed by atoms with Crippen LogP contribution in [0.4, 0.5) is 0 Å². The number of rotatable bonds is 12. The molecule has 1 aromatic heterocycles. The smallest absolute Gasteiger partial charge is 0.0299 e. The van der Waals surface area contributed by atoms with Gasteiger partial charge in [-0.3, -0.25) is 16.3 Å². The van der Waals surface area contributed by atoms with Crippen LogP contribution in [0, 0.1) is 0 Å². The Morgan fingerprint density at radius 1 is 1.10 bits per heavy atom. The summed E-state index contributed by atoms with van der Waals surface area (Å²) in [6.07, 6.45) is 16.6. The van der Waals surface area contributed by atoms with Gasteiger partial charge >= 0.3 is 0 Å². The Labute approximate surface area is 124 Å². The van der Waals surface area contributed by atoms with Crippen LogP contribution in [0.15, 0.2) is 24.5 Å². The zero-order valence-electron chi connectivity index (χ0n) is 13.0. The zero-order valence-corrected chi connectivity index (χ0v) is 13.0. The summed E-state index contributed by atoms with van der Waals surface area (Å²) in [5.41, 5.74) is 4.26. The molecule has 114 valence electrons. The van der Waals surface area contributed by atoms with E-state index in [1.807, 2.05) is 18.5 Å². The van der Waals surface area contributed by atoms with Crippen molar-refractivity contribution < 1.29 is 0 Å². The molecule has 0 saturated heterocycles. The predicted molar refractivity (Wildman–Crippen MR) is 86.3 cm³/mol. The lowest BCUT2D eigenvalue weighted by atomic mass is 10.0. The van der Waals surface area contributed by atoms with Gasteiger partial charge in [-0.2, -0.15) is 0 Å². The van der Waals surface area contributed by atoms with Crippen molar-refractivity contribution in [3.63, 3.8) is 0 Å². The Bertz CT molecular complexity index is 313. The summed E-state index contributed by atoms with van der Waals surface area (Å²) in [6, 6.07) is 4.57. The quantitative estimate of drug-likeness (QED) is 0.345. The molecule has 0 radical (unpaired) electrons. The van der Waals surface area contributed by atoms with Gasteiger partial charge in [0.25, 0.3) is 0 Å². The molecule has 0 aromatic carbocycles. The number of hydrogen-bond acceptors (Lipinski definition) is 3. The minimum absolute atomic E-state index is 0.436. The van der Waals surface area contributed by atoms with Crippen molar-refractivity contribution in [2.75, 3.05) is 0 Å². The van der Waals surface area contributed by atoms with Crippen LogP contribution in [0.25, 0.3) is 0 Å². The van der Waals surface area contributed by atoms with Crippen molar-refractivity contribution >= 4 is 0 Å². The van der Waals surface area contributed by atoms with Crippen LogP contribution in [-0.4, -0.2) is 11.0 Å². The van der Waals surface area contributed by atoms with Crippen molar-refractivity contribution in [3.05, 3.63) is 30.1 Å². The van der Waals surface area contributed by atoms with Crippen LogP contribution < -0.4 is 11.3 Å². The first-order valence-electron chi connectivity index (χ1n) is 8.21. The van der Waals surface area contributed by atoms with E-state index in [1.54, 1.807) is 0 Å². The minimum Gasteiger partial charge on any atom is -0.271 e. The minimum atomic E-state index is 0.436. The van der Waals surface area contributed by atoms with Gasteiger partial charge in [0.15, 0.2) is 0 Å². The Hall–Kier alpha value is -0.930. The van der Waals surface area contributed by atoms with Gasteiger partial charge < -0.3 is 0 Å². The van der Waals surface area contributed by atoms with Crippen LogP contribution in [-0.2, 0) is 6.42 Å². The van der Waals surface area contributed by atoms with Gasteiger partial charge in [-0.1, -0.05) is 57.9 Å². The molecule has 0 aliphatic carbocycles. The molecular weight excluding hydrogens is 246 g/mol. The second-order valence-electron chi connectivity index (χ2n) is 5.67. The average molecular weight is 277 g/mol. The first kappa shape index (κ1) is 17.1. The fourth-order valence-electron chi connectivity index (χ4n) is 2.55. The first-order valence-corrected chi connectivity index (χ1v) is 8.21. The number of hydrazine groups is 1. The van der Waals surface area contributed by atoms with Crippen molar-refractivity contribution in [3.8, 4) is 0 Å². The third kappa shape index (κ3) is 8.28. The Kier molecular flexibility index (Phi) is 10.2. The molecule has 1 rings (SSSR count). The Morgan fingerprint density at radius 3 is 2.50 bits per heavy atom. The van der Waals surface area contributed by atoms with E-state index < -0.39 is 0 Å². The van der Waals surface area contributed by atoms with E-state index >= 15 is 0 Å². The molecule has 1 heterocycles. The molecule has 20 heavy (non-hydrogen) atoms. The summed E-state index contributed by atoms with van der Waals surface area (Å²) in [6.45, 7) is 2.26. The highest BCUT2D eigenvalue weighted by Gasteiger charge is 2.06. The topological polar surface area (TPSA) is 50.9 Å². The third-order valence-electron chi connectivity index (χ3n) is 3.90. The number of nitrogens with one attached hydrogen (secondary N) is 1. The number of nitrogens with zero attached hydrogens (tertiary/aromatic N) is 1. The van der Waals surface area contributed by atoms with Gasteiger partial charge in [-0.25, -0.2) is 0 Å². The largest absolute Gasteiger partial charge is 0.271 e. The number of aromatic nitrogens is 1. The number of unbranched alkanes of at least 4 members (excludes halogenated alkanes) is 6. The molecule has 1 unspecified atom stereocenters. The van der Waals surface area contributed by atoms with Crippen molar-refractivity contribution in [1.29, 1.82) is 0 Å². The fraction of sp³-hybridized carbons (Fsp3) is 0.706. The predicted octanol–water partition coefficient (Wildman–Crippen LogP) is 3.99. The molecule has 1 aromatic rings. The monoisotopic (exact) mass is 277 g/mol. The highest BCUT2D eigenvalue weighted by atomic mass is 15.2. The molecule has 0 amide bonds. The molecule has 0 aliphatic rings. The van der Waals surface area contributed by atoms with E-state index in [2.05, 4.69) is 23.4 Å². The van der Waals surface area contributed by atoms with E-state index in [-0.39, 0.29) is 0 Å². The molecular formula is C17H31N3. The lowest BCUT2D eigenvalue weighted by Gasteiger charge is -2.15. The summed E-state index contributed by atoms with van der Waals surface area (Å²) >= 11 is 0. The molecule has 3 N–H and O–H groups in total. The molecule has 3 nitrogen and oxygen atoms in total. The molecule has 0 aliphatic heterocycles. The van der Waals surface area contributed by atoms with Gasteiger partial charge in [0, 0.05) is 18.4 Å². The standard InChI is InChI=1S/C17H31N3/c1-2-3-4-5-6-7-8-11-17(20-18)13-12-16-10-9-14-19-15-16/h9-10,14-15,17,20H,2-8,11-13,18H2,1H3. The van der Waals surface area contributed by atoms with Crippen LogP contribution in [0.5, 0.6) is 0 Å². The molecule has 3 heteroatoms. The molecule has 0 fully saturated rings. The summed E-state index contributed by atoms with van der Waals surface area (Å²) < 4.78 is 0. The maximum atomic E-state index is 5.65. The number of pyridine rings is 1. The third-order valence-corrected chi connectivity index (χ3v) is 3.90. The van der Waals surface area contributed by atoms with Crippen LogP contribution in [0.3, 0.4) is 0 Å². The number of nitrogens with two attached hydrogens (primary N) is 1. The van der Waals surface area contributed by atoms with E-state index in [0.29, 0.717) is 6.04 Å². The highest BCUT2D eigenvalue weighted by Crippen LogP contribution is 2.12. The summed E-state index contributed by atoms with van der Waals surface area (Å²) in [5, 5.41) is 0. The number of hydrogen-bond donors (Lipinski definition) is 2. The molecule has 0 bridgehead atoms. The summed E-state index contributed by atoms with van der Waals surface area (Å²) in [4.78, 5) is 4.15. The fourth-order valence-corrected chi connectivity index (χ4v) is 2.55. The summed E-state index contributed by atoms with van der Waals surface area (Å²) in [7, 11) is 0. The zero-order chi connectivity index (χ0) is 14.5. The van der Waals surface area contributed by atoms with Crippen molar-refractivity contribution in [1.82, 2.24) is 10.4 Å². The van der Waals surface area contributed by atoms with Gasteiger partial charge in [0.05, 0.1) is 0 Å². The van der Waals surface area contributed by atoms with E-state index in [0.717, 1.165) is 12.8 Å². The Balaban J connectivity index is 2.04. The van der Waals surface area contributed by atoms with E-state index in [4.69, 9.17) is 5.84 Å². The number of aryl methyl sites for hydroxylation is 1. The van der Waals surface area contributed by atoms with Crippen LogP contribution >= 0.6 is 0 Å². The van der Waals surface area contributed by atoms with Crippen molar-refractivity contribution in [2.24, 2.45) is 5.84 Å². The molecule has 0 spiro atoms. The lowest BCUT2D eigenvalue weighted by molar-refractivity contribution is 0.438. The maximum Gasteiger partial charge on any atom is 0.0299 e. The van der Waals surface area contributed by atoms with E-state index in [9.17, 15) is 0 Å². The SMILES string of the molecule is CCCCCCCCCC(CCc1cccnc1)NN. The maximum absolute atomic E-state index is 5.65. The van der Waals surface area contributed by atoms with Crippen molar-refractivity contribution in [2.45, 2.75) is 77.2 Å². The average Bonchev–Trinajstić information content (AvgIpc) is 2.50. The highest BCUT2D eigenvalue weighted by molar-refractivity contribution is 5.08. The second-order valence-corrected chi connectivity index (χ2v) is 5.67. The van der Waals surface area contributed by atoms with Crippen LogP contribution in [0.1, 0.15) is 70.3 Å². The van der Waals surface area contributed by atoms with Gasteiger partial charge in [0.2, 0.25) is 0 Å². The normalized spacial score (nSPS) is 12.5. The summed E-state index contributed by atoms with van der Waals surface area (Å²) in [5.74, 6) is 5.65. The molecule has 0 saturated carbocycles. The van der Waals surface area contributed by atoms with E-state index in [1.165, 1.54) is 56.9 Å². The first-order chi connectivity index (χ1) is 9.86. The van der Waals surface area contributed by atoms with Gasteiger partial charge in [0.1, 0.15) is 0 Å². The Morgan fingerprint density at radius 2 is 1.85 bits per heavy atom. The lowest BCUT2D eigenvalue weighted by Crippen LogP contribution is -2.35. The van der Waals surface area contributed by atoms with Crippen LogP contribution in [0.2, 0.25) is 0 Å².